The summed E-state index contributed by atoms with van der Waals surface area (Å²) in [5.74, 6) is 0. The van der Waals surface area contributed by atoms with Crippen molar-refractivity contribution < 1.29 is 5.11 Å². The average Bonchev–Trinajstić information content (AvgIpc) is 3.05. The lowest BCUT2D eigenvalue weighted by Crippen LogP contribution is -2.48. The number of benzene rings is 2. The lowest BCUT2D eigenvalue weighted by atomic mass is 9.90. The van der Waals surface area contributed by atoms with Crippen molar-refractivity contribution in [3.8, 4) is 5.69 Å². The van der Waals surface area contributed by atoms with Crippen molar-refractivity contribution in [3.05, 3.63) is 58.2 Å². The van der Waals surface area contributed by atoms with Gasteiger partial charge in [0.15, 0.2) is 0 Å². The lowest BCUT2D eigenvalue weighted by molar-refractivity contribution is 0.283. The van der Waals surface area contributed by atoms with E-state index in [9.17, 15) is 5.11 Å². The van der Waals surface area contributed by atoms with Crippen LogP contribution in [0, 0.1) is 0 Å². The van der Waals surface area contributed by atoms with Crippen LogP contribution in [0.1, 0.15) is 25.3 Å². The van der Waals surface area contributed by atoms with E-state index in [2.05, 4.69) is 24.0 Å². The van der Waals surface area contributed by atoms with Gasteiger partial charge >= 0.3 is 0 Å². The van der Waals surface area contributed by atoms with E-state index in [0.717, 1.165) is 53.8 Å². The molecule has 4 nitrogen and oxygen atoms in total. The molecule has 3 N–H and O–H groups in total. The number of aliphatic hydroxyl groups is 1. The highest BCUT2D eigenvalue weighted by atomic mass is 35.5. The Bertz CT molecular complexity index is 966. The number of hydrogen-bond donors (Lipinski definition) is 2. The first-order valence-corrected chi connectivity index (χ1v) is 9.89. The van der Waals surface area contributed by atoms with Crippen molar-refractivity contribution in [2.24, 2.45) is 5.73 Å². The van der Waals surface area contributed by atoms with Crippen LogP contribution in [0.25, 0.3) is 16.6 Å². The standard InChI is InChI=1S/C21H23Cl2N3O/c1-21(24)8-11-25(12-9-21)18-5-6-19-14(15(18)13-27)7-10-26(19)20-16(22)3-2-4-17(20)23/h2-7,10,27H,8-9,11-13,24H2,1H3. The smallest absolute Gasteiger partial charge is 0.0830 e. The zero-order valence-corrected chi connectivity index (χ0v) is 16.8. The highest BCUT2D eigenvalue weighted by molar-refractivity contribution is 6.37. The van der Waals surface area contributed by atoms with Gasteiger partial charge in [-0.1, -0.05) is 29.3 Å². The summed E-state index contributed by atoms with van der Waals surface area (Å²) >= 11 is 12.8. The highest BCUT2D eigenvalue weighted by Gasteiger charge is 2.27. The van der Waals surface area contributed by atoms with E-state index in [-0.39, 0.29) is 12.1 Å². The summed E-state index contributed by atoms with van der Waals surface area (Å²) in [6.07, 6.45) is 3.83. The number of aliphatic hydroxyl groups excluding tert-OH is 1. The van der Waals surface area contributed by atoms with Crippen molar-refractivity contribution in [2.45, 2.75) is 31.9 Å². The monoisotopic (exact) mass is 403 g/mol. The predicted octanol–water partition coefficient (Wildman–Crippen LogP) is 4.75. The third kappa shape index (κ3) is 3.32. The SMILES string of the molecule is CC1(N)CCN(c2ccc3c(ccn3-c3c(Cl)cccc3Cl)c2CO)CC1. The van der Waals surface area contributed by atoms with E-state index in [0.29, 0.717) is 10.0 Å². The fourth-order valence-corrected chi connectivity index (χ4v) is 4.48. The van der Waals surface area contributed by atoms with Gasteiger partial charge in [0.2, 0.25) is 0 Å². The first-order chi connectivity index (χ1) is 12.9. The number of fused-ring (bicyclic) bond motifs is 1. The summed E-state index contributed by atoms with van der Waals surface area (Å²) in [7, 11) is 0. The molecular formula is C21H23Cl2N3O. The molecular weight excluding hydrogens is 381 g/mol. The molecule has 0 aliphatic carbocycles. The molecule has 1 aliphatic heterocycles. The number of anilines is 1. The third-order valence-corrected chi connectivity index (χ3v) is 6.15. The number of hydrogen-bond acceptors (Lipinski definition) is 3. The second kappa shape index (κ2) is 7.02. The summed E-state index contributed by atoms with van der Waals surface area (Å²) in [6, 6.07) is 11.6. The molecule has 4 rings (SSSR count). The van der Waals surface area contributed by atoms with Gasteiger partial charge in [0.25, 0.3) is 0 Å². The van der Waals surface area contributed by atoms with E-state index in [1.165, 1.54) is 0 Å². The molecule has 0 saturated carbocycles. The second-order valence-corrected chi connectivity index (χ2v) is 8.37. The molecule has 0 atom stereocenters. The molecule has 0 spiro atoms. The Kier molecular flexibility index (Phi) is 4.85. The molecule has 0 unspecified atom stereocenters. The molecule has 142 valence electrons. The summed E-state index contributed by atoms with van der Waals surface area (Å²) in [5, 5.41) is 12.3. The van der Waals surface area contributed by atoms with Crippen LogP contribution in [0.3, 0.4) is 0 Å². The van der Waals surface area contributed by atoms with Crippen molar-refractivity contribution in [1.82, 2.24) is 4.57 Å². The Morgan fingerprint density at radius 1 is 1.07 bits per heavy atom. The number of aromatic nitrogens is 1. The fourth-order valence-electron chi connectivity index (χ4n) is 3.90. The number of halogens is 2. The van der Waals surface area contributed by atoms with Gasteiger partial charge in [-0.15, -0.1) is 0 Å². The quantitative estimate of drug-likeness (QED) is 0.663. The summed E-state index contributed by atoms with van der Waals surface area (Å²) in [5.41, 5.74) is 9.89. The Hall–Kier alpha value is -1.72. The minimum Gasteiger partial charge on any atom is -0.392 e. The third-order valence-electron chi connectivity index (χ3n) is 5.54. The van der Waals surface area contributed by atoms with Gasteiger partial charge in [0, 0.05) is 41.5 Å². The van der Waals surface area contributed by atoms with Crippen LogP contribution in [0.5, 0.6) is 0 Å². The molecule has 1 fully saturated rings. The number of piperidine rings is 1. The molecule has 6 heteroatoms. The number of nitrogens with zero attached hydrogens (tertiary/aromatic N) is 2. The van der Waals surface area contributed by atoms with Crippen LogP contribution >= 0.6 is 23.2 Å². The van der Waals surface area contributed by atoms with Gasteiger partial charge in [0.05, 0.1) is 27.9 Å². The van der Waals surface area contributed by atoms with Crippen LogP contribution < -0.4 is 10.6 Å². The second-order valence-electron chi connectivity index (χ2n) is 7.55. The van der Waals surface area contributed by atoms with Crippen LogP contribution in [-0.4, -0.2) is 28.3 Å². The molecule has 0 bridgehead atoms. The van der Waals surface area contributed by atoms with Crippen molar-refractivity contribution in [3.63, 3.8) is 0 Å². The summed E-state index contributed by atoms with van der Waals surface area (Å²) in [4.78, 5) is 2.32. The van der Waals surface area contributed by atoms with Crippen LogP contribution in [0.2, 0.25) is 10.0 Å². The number of rotatable bonds is 3. The molecule has 0 radical (unpaired) electrons. The highest BCUT2D eigenvalue weighted by Crippen LogP contribution is 2.36. The maximum atomic E-state index is 10.1. The minimum atomic E-state index is -0.107. The van der Waals surface area contributed by atoms with Gasteiger partial charge in [0.1, 0.15) is 0 Å². The number of para-hydroxylation sites is 1. The Labute approximate surface area is 169 Å². The lowest BCUT2D eigenvalue weighted by Gasteiger charge is -2.38. The van der Waals surface area contributed by atoms with Crippen molar-refractivity contribution in [1.29, 1.82) is 0 Å². The van der Waals surface area contributed by atoms with Gasteiger partial charge in [-0.2, -0.15) is 0 Å². The maximum Gasteiger partial charge on any atom is 0.0830 e. The van der Waals surface area contributed by atoms with Crippen molar-refractivity contribution >= 4 is 39.8 Å². The van der Waals surface area contributed by atoms with Crippen LogP contribution in [0.15, 0.2) is 42.6 Å². The zero-order chi connectivity index (χ0) is 19.2. The summed E-state index contributed by atoms with van der Waals surface area (Å²) in [6.45, 7) is 3.86. The zero-order valence-electron chi connectivity index (χ0n) is 15.3. The minimum absolute atomic E-state index is 0.0245. The van der Waals surface area contributed by atoms with E-state index in [1.54, 1.807) is 0 Å². The van der Waals surface area contributed by atoms with Crippen molar-refractivity contribution in [2.75, 3.05) is 18.0 Å². The Balaban J connectivity index is 1.80. The molecule has 0 amide bonds. The molecule has 2 aromatic carbocycles. The van der Waals surface area contributed by atoms with Crippen LogP contribution in [0.4, 0.5) is 5.69 Å². The van der Waals surface area contributed by atoms with E-state index >= 15 is 0 Å². The Morgan fingerprint density at radius 2 is 1.74 bits per heavy atom. The predicted molar refractivity (Wildman–Crippen MR) is 113 cm³/mol. The van der Waals surface area contributed by atoms with E-state index in [4.69, 9.17) is 28.9 Å². The molecule has 27 heavy (non-hydrogen) atoms. The summed E-state index contributed by atoms with van der Waals surface area (Å²) < 4.78 is 1.98. The average molecular weight is 404 g/mol. The fraction of sp³-hybridized carbons (Fsp3) is 0.333. The normalized spacial score (nSPS) is 16.9. The van der Waals surface area contributed by atoms with Gasteiger partial charge < -0.3 is 20.3 Å². The van der Waals surface area contributed by atoms with Gasteiger partial charge in [-0.3, -0.25) is 0 Å². The molecule has 1 aliphatic rings. The van der Waals surface area contributed by atoms with E-state index in [1.807, 2.05) is 35.0 Å². The molecule has 2 heterocycles. The first-order valence-electron chi connectivity index (χ1n) is 9.13. The number of nitrogens with two attached hydrogens (primary N) is 1. The van der Waals surface area contributed by atoms with Gasteiger partial charge in [-0.05, 0) is 50.1 Å². The molecule has 3 aromatic rings. The first kappa shape index (κ1) is 18.6. The Morgan fingerprint density at radius 3 is 2.37 bits per heavy atom. The van der Waals surface area contributed by atoms with Gasteiger partial charge in [-0.25, -0.2) is 0 Å². The molecule has 1 saturated heterocycles. The maximum absolute atomic E-state index is 10.1. The largest absolute Gasteiger partial charge is 0.392 e. The van der Waals surface area contributed by atoms with Crippen LogP contribution in [-0.2, 0) is 6.61 Å². The van der Waals surface area contributed by atoms with E-state index < -0.39 is 0 Å². The molecule has 1 aromatic heterocycles. The topological polar surface area (TPSA) is 54.4 Å².